The number of aromatic nitrogens is 2. The maximum absolute atomic E-state index is 13.3. The molecule has 3 rings (SSSR count). The summed E-state index contributed by atoms with van der Waals surface area (Å²) in [5.74, 6) is -1.75. The number of rotatable bonds is 7. The summed E-state index contributed by atoms with van der Waals surface area (Å²) in [5, 5.41) is 13.6. The van der Waals surface area contributed by atoms with Crippen molar-refractivity contribution >= 4 is 23.0 Å². The van der Waals surface area contributed by atoms with Crippen LogP contribution in [0, 0.1) is 13.8 Å². The van der Waals surface area contributed by atoms with E-state index < -0.39 is 23.5 Å². The quantitative estimate of drug-likeness (QED) is 0.665. The van der Waals surface area contributed by atoms with Gasteiger partial charge in [0, 0.05) is 30.9 Å². The molecule has 2 aromatic rings. The van der Waals surface area contributed by atoms with Gasteiger partial charge in [0.1, 0.15) is 0 Å². The molecule has 0 spiro atoms. The Morgan fingerprint density at radius 2 is 2.11 bits per heavy atom. The average molecular weight is 401 g/mol. The van der Waals surface area contributed by atoms with Crippen LogP contribution in [-0.4, -0.2) is 53.7 Å². The molecule has 1 atom stereocenters. The molecule has 1 amide bonds. The van der Waals surface area contributed by atoms with Crippen molar-refractivity contribution < 1.29 is 19.6 Å². The SMILES string of the molecule is Cc1nc(C)c(C(=O)C2=C([O-])C(=O)N(CCC[NH+](C)C)C2c2cccnc2)s1. The van der Waals surface area contributed by atoms with Crippen LogP contribution < -0.4 is 10.0 Å². The average Bonchev–Trinajstić information content (AvgIpc) is 3.12. The first-order valence-electron chi connectivity index (χ1n) is 9.21. The summed E-state index contributed by atoms with van der Waals surface area (Å²) in [6, 6.07) is 2.83. The summed E-state index contributed by atoms with van der Waals surface area (Å²) < 4.78 is 0. The van der Waals surface area contributed by atoms with Crippen molar-refractivity contribution in [3.05, 3.63) is 57.0 Å². The number of nitrogens with zero attached hydrogens (tertiary/aromatic N) is 3. The third-order valence-corrected chi connectivity index (χ3v) is 5.79. The van der Waals surface area contributed by atoms with Gasteiger partial charge >= 0.3 is 0 Å². The van der Waals surface area contributed by atoms with E-state index in [2.05, 4.69) is 9.97 Å². The predicted octanol–water partition coefficient (Wildman–Crippen LogP) is 0.0701. The number of ketones is 1. The van der Waals surface area contributed by atoms with E-state index in [4.69, 9.17) is 0 Å². The van der Waals surface area contributed by atoms with Crippen LogP contribution in [0.3, 0.4) is 0 Å². The molecule has 28 heavy (non-hydrogen) atoms. The van der Waals surface area contributed by atoms with Gasteiger partial charge in [-0.25, -0.2) is 4.98 Å². The van der Waals surface area contributed by atoms with Gasteiger partial charge in [-0.05, 0) is 31.2 Å². The van der Waals surface area contributed by atoms with Crippen molar-refractivity contribution in [2.24, 2.45) is 0 Å². The third-order valence-electron chi connectivity index (χ3n) is 4.72. The number of nitrogens with one attached hydrogen (secondary N) is 1. The predicted molar refractivity (Wildman–Crippen MR) is 104 cm³/mol. The largest absolute Gasteiger partial charge is 0.868 e. The second-order valence-electron chi connectivity index (χ2n) is 7.22. The Kier molecular flexibility index (Phi) is 5.90. The maximum atomic E-state index is 13.3. The smallest absolute Gasteiger partial charge is 0.239 e. The van der Waals surface area contributed by atoms with Gasteiger partial charge in [-0.15, -0.1) is 11.3 Å². The molecule has 0 saturated carbocycles. The molecule has 0 saturated heterocycles. The summed E-state index contributed by atoms with van der Waals surface area (Å²) in [6.07, 6.45) is 3.97. The van der Waals surface area contributed by atoms with Crippen molar-refractivity contribution in [2.45, 2.75) is 26.3 Å². The zero-order chi connectivity index (χ0) is 20.4. The number of hydrogen-bond acceptors (Lipinski definition) is 6. The molecule has 8 heteroatoms. The summed E-state index contributed by atoms with van der Waals surface area (Å²) in [6.45, 7) is 4.82. The van der Waals surface area contributed by atoms with E-state index >= 15 is 0 Å². The number of amides is 1. The minimum atomic E-state index is -0.721. The van der Waals surface area contributed by atoms with Crippen LogP contribution in [0.1, 0.15) is 38.4 Å². The molecule has 1 aliphatic heterocycles. The van der Waals surface area contributed by atoms with E-state index in [9.17, 15) is 14.7 Å². The second-order valence-corrected chi connectivity index (χ2v) is 8.42. The normalized spacial score (nSPS) is 17.1. The third kappa shape index (κ3) is 3.83. The van der Waals surface area contributed by atoms with E-state index in [1.165, 1.54) is 21.1 Å². The first-order valence-corrected chi connectivity index (χ1v) is 10.0. The highest BCUT2D eigenvalue weighted by Crippen LogP contribution is 2.39. The molecular formula is C20H24N4O3S. The van der Waals surface area contributed by atoms with Crippen LogP contribution in [0.2, 0.25) is 0 Å². The highest BCUT2D eigenvalue weighted by molar-refractivity contribution is 7.14. The van der Waals surface area contributed by atoms with Crippen LogP contribution in [0.25, 0.3) is 0 Å². The van der Waals surface area contributed by atoms with Gasteiger partial charge < -0.3 is 14.9 Å². The number of aryl methyl sites for hydroxylation is 2. The molecule has 1 aliphatic rings. The van der Waals surface area contributed by atoms with Crippen LogP contribution >= 0.6 is 11.3 Å². The van der Waals surface area contributed by atoms with Gasteiger partial charge in [0.05, 0.1) is 42.3 Å². The number of Topliss-reactive ketones (excluding diaryl/α,β-unsaturated/α-hetero) is 1. The standard InChI is InChI=1S/C20H24N4O3S/c1-12-19(28-13(2)22-12)17(25)15-16(14-7-5-8-21-11-14)24(20(27)18(15)26)10-6-9-23(3)4/h5,7-8,11,16,26H,6,9-10H2,1-4H3. The molecule has 0 aromatic carbocycles. The first-order chi connectivity index (χ1) is 13.3. The number of carbonyl (C=O) groups excluding carboxylic acids is 2. The van der Waals surface area contributed by atoms with E-state index in [1.807, 2.05) is 21.0 Å². The number of carbonyl (C=O) groups is 2. The monoisotopic (exact) mass is 400 g/mol. The molecule has 0 bridgehead atoms. The zero-order valence-corrected chi connectivity index (χ0v) is 17.3. The summed E-state index contributed by atoms with van der Waals surface area (Å²) in [4.78, 5) is 37.6. The van der Waals surface area contributed by atoms with Gasteiger partial charge in [-0.3, -0.25) is 14.6 Å². The number of hydrogen-bond donors (Lipinski definition) is 1. The highest BCUT2D eigenvalue weighted by Gasteiger charge is 2.40. The Morgan fingerprint density at radius 1 is 1.36 bits per heavy atom. The number of pyridine rings is 1. The van der Waals surface area contributed by atoms with Crippen molar-refractivity contribution in [2.75, 3.05) is 27.2 Å². The Morgan fingerprint density at radius 3 is 2.68 bits per heavy atom. The van der Waals surface area contributed by atoms with E-state index in [0.29, 0.717) is 22.7 Å². The first kappa shape index (κ1) is 20.2. The van der Waals surface area contributed by atoms with E-state index in [1.54, 1.807) is 31.5 Å². The Hall–Kier alpha value is -2.58. The van der Waals surface area contributed by atoms with Crippen molar-refractivity contribution in [1.29, 1.82) is 0 Å². The molecule has 7 nitrogen and oxygen atoms in total. The van der Waals surface area contributed by atoms with Crippen LogP contribution in [-0.2, 0) is 4.79 Å². The van der Waals surface area contributed by atoms with Crippen molar-refractivity contribution in [1.82, 2.24) is 14.9 Å². The Balaban J connectivity index is 2.01. The van der Waals surface area contributed by atoms with Crippen molar-refractivity contribution in [3.8, 4) is 0 Å². The number of quaternary nitrogens is 1. The lowest BCUT2D eigenvalue weighted by Crippen LogP contribution is -3.05. The van der Waals surface area contributed by atoms with Crippen LogP contribution in [0.15, 0.2) is 35.9 Å². The van der Waals surface area contributed by atoms with Gasteiger partial charge in [0.15, 0.2) is 0 Å². The molecule has 3 heterocycles. The number of thiazole rings is 1. The molecule has 2 aromatic heterocycles. The summed E-state index contributed by atoms with van der Waals surface area (Å²) >= 11 is 1.25. The van der Waals surface area contributed by atoms with E-state index in [0.717, 1.165) is 18.0 Å². The van der Waals surface area contributed by atoms with Crippen molar-refractivity contribution in [3.63, 3.8) is 0 Å². The van der Waals surface area contributed by atoms with Gasteiger partial charge in [0.25, 0.3) is 0 Å². The van der Waals surface area contributed by atoms with Gasteiger partial charge in [-0.2, -0.15) is 0 Å². The fourth-order valence-electron chi connectivity index (χ4n) is 3.45. The fourth-order valence-corrected chi connectivity index (χ4v) is 4.33. The summed E-state index contributed by atoms with van der Waals surface area (Å²) in [5.41, 5.74) is 1.25. The molecule has 148 valence electrons. The Labute approximate surface area is 168 Å². The highest BCUT2D eigenvalue weighted by atomic mass is 32.1. The lowest BCUT2D eigenvalue weighted by molar-refractivity contribution is -0.858. The fraction of sp³-hybridized carbons (Fsp3) is 0.400. The van der Waals surface area contributed by atoms with Crippen LogP contribution in [0.4, 0.5) is 0 Å². The van der Waals surface area contributed by atoms with Crippen LogP contribution in [0.5, 0.6) is 0 Å². The van der Waals surface area contributed by atoms with Gasteiger partial charge in [-0.1, -0.05) is 6.07 Å². The Bertz CT molecular complexity index is 921. The molecule has 0 aliphatic carbocycles. The van der Waals surface area contributed by atoms with E-state index in [-0.39, 0.29) is 5.57 Å². The molecular weight excluding hydrogens is 376 g/mol. The topological polar surface area (TPSA) is 90.7 Å². The minimum absolute atomic E-state index is 0.00181. The summed E-state index contributed by atoms with van der Waals surface area (Å²) in [7, 11) is 4.07. The molecule has 1 unspecified atom stereocenters. The minimum Gasteiger partial charge on any atom is -0.868 e. The molecule has 0 fully saturated rings. The van der Waals surface area contributed by atoms with Gasteiger partial charge in [0.2, 0.25) is 11.7 Å². The maximum Gasteiger partial charge on any atom is 0.239 e. The lowest BCUT2D eigenvalue weighted by atomic mass is 9.96. The molecule has 1 N–H and O–H groups in total. The zero-order valence-electron chi connectivity index (χ0n) is 16.5. The lowest BCUT2D eigenvalue weighted by Gasteiger charge is -2.27. The second kappa shape index (κ2) is 8.20. The molecule has 0 radical (unpaired) electrons.